The number of amides is 3. The molecule has 1 atom stereocenters. The van der Waals surface area contributed by atoms with Gasteiger partial charge in [-0.25, -0.2) is 19.2 Å². The average molecular weight is 469 g/mol. The lowest BCUT2D eigenvalue weighted by molar-refractivity contribution is -0.125. The Balaban J connectivity index is 1.44. The Hall–Kier alpha value is -4.06. The largest absolute Gasteiger partial charge is 0.442 e. The van der Waals surface area contributed by atoms with Crippen LogP contribution in [0.25, 0.3) is 11.1 Å². The van der Waals surface area contributed by atoms with Crippen molar-refractivity contribution in [2.24, 2.45) is 10.8 Å². The van der Waals surface area contributed by atoms with Crippen LogP contribution in [0, 0.1) is 5.82 Å². The zero-order valence-corrected chi connectivity index (χ0v) is 18.5. The van der Waals surface area contributed by atoms with Crippen LogP contribution in [0.4, 0.5) is 20.7 Å². The Labute approximate surface area is 195 Å². The highest BCUT2D eigenvalue weighted by molar-refractivity contribution is 5.90. The van der Waals surface area contributed by atoms with Crippen molar-refractivity contribution in [2.75, 3.05) is 42.6 Å². The van der Waals surface area contributed by atoms with Crippen molar-refractivity contribution in [2.45, 2.75) is 13.0 Å². The van der Waals surface area contributed by atoms with E-state index in [-0.39, 0.29) is 31.4 Å². The summed E-state index contributed by atoms with van der Waals surface area (Å²) in [7, 11) is 0. The van der Waals surface area contributed by atoms with Crippen LogP contribution in [-0.2, 0) is 14.3 Å². The molecule has 12 heteroatoms. The van der Waals surface area contributed by atoms with Gasteiger partial charge in [-0.2, -0.15) is 5.10 Å². The molecule has 34 heavy (non-hydrogen) atoms. The minimum atomic E-state index is -0.595. The second-order valence-corrected chi connectivity index (χ2v) is 7.77. The zero-order chi connectivity index (χ0) is 24.2. The first-order valence-electron chi connectivity index (χ1n) is 10.7. The summed E-state index contributed by atoms with van der Waals surface area (Å²) in [5.74, 6) is -0.393. The van der Waals surface area contributed by atoms with Gasteiger partial charge in [0.2, 0.25) is 11.8 Å². The number of aromatic nitrogens is 1. The molecule has 0 saturated carbocycles. The highest BCUT2D eigenvalue weighted by Crippen LogP contribution is 2.29. The number of hydrogen-bond donors (Lipinski definition) is 2. The lowest BCUT2D eigenvalue weighted by Crippen LogP contribution is -2.43. The van der Waals surface area contributed by atoms with E-state index in [0.29, 0.717) is 35.7 Å². The third-order valence-corrected chi connectivity index (χ3v) is 5.42. The predicted molar refractivity (Wildman–Crippen MR) is 123 cm³/mol. The van der Waals surface area contributed by atoms with Crippen LogP contribution < -0.4 is 21.0 Å². The molecule has 1 aromatic heterocycles. The average Bonchev–Trinajstić information content (AvgIpc) is 3.23. The first kappa shape index (κ1) is 23.1. The number of nitrogens with two attached hydrogens (primary N) is 1. The quantitative estimate of drug-likeness (QED) is 0.642. The van der Waals surface area contributed by atoms with Gasteiger partial charge in [-0.15, -0.1) is 0 Å². The normalized spacial score (nSPS) is 17.7. The molecule has 2 aliphatic rings. The summed E-state index contributed by atoms with van der Waals surface area (Å²) in [6.45, 7) is 2.58. The Kier molecular flexibility index (Phi) is 6.68. The van der Waals surface area contributed by atoms with Gasteiger partial charge in [0.25, 0.3) is 0 Å². The maximum Gasteiger partial charge on any atom is 0.414 e. The van der Waals surface area contributed by atoms with Gasteiger partial charge in [-0.3, -0.25) is 19.4 Å². The Morgan fingerprint density at radius 3 is 2.71 bits per heavy atom. The lowest BCUT2D eigenvalue weighted by atomic mass is 10.1. The Bertz CT molecular complexity index is 1120. The molecule has 0 spiro atoms. The fourth-order valence-corrected chi connectivity index (χ4v) is 3.62. The van der Waals surface area contributed by atoms with Crippen LogP contribution in [0.15, 0.2) is 41.6 Å². The summed E-state index contributed by atoms with van der Waals surface area (Å²) in [4.78, 5) is 42.0. The molecule has 0 aliphatic carbocycles. The molecule has 1 aromatic carbocycles. The van der Waals surface area contributed by atoms with Gasteiger partial charge in [0.15, 0.2) is 0 Å². The molecule has 1 fully saturated rings. The standard InChI is InChI=1S/C22H24FN7O4/c1-14(31)25-11-17-12-29(22(33)34-17)16-3-4-18(19(23)8-16)15-2-5-20(26-10-15)30-7-6-28(13-27-30)21(32)9-24/h2-5,8,10,13,17H,6-7,9,11-12,24H2,1H3,(H,25,31)/t17-/m0/s1. The minimum absolute atomic E-state index is 0.0834. The molecule has 2 aromatic rings. The first-order valence-corrected chi connectivity index (χ1v) is 10.7. The van der Waals surface area contributed by atoms with E-state index in [0.717, 1.165) is 0 Å². The van der Waals surface area contributed by atoms with Crippen LogP contribution in [-0.4, -0.2) is 73.0 Å². The van der Waals surface area contributed by atoms with Crippen molar-refractivity contribution in [3.8, 4) is 11.1 Å². The van der Waals surface area contributed by atoms with Crippen LogP contribution in [0.3, 0.4) is 0 Å². The van der Waals surface area contributed by atoms with Crippen molar-refractivity contribution in [3.05, 3.63) is 42.3 Å². The second kappa shape index (κ2) is 9.83. The third kappa shape index (κ3) is 4.96. The monoisotopic (exact) mass is 469 g/mol. The molecule has 2 aliphatic heterocycles. The van der Waals surface area contributed by atoms with E-state index < -0.39 is 18.0 Å². The molecule has 0 unspecified atom stereocenters. The highest BCUT2D eigenvalue weighted by Gasteiger charge is 2.32. The van der Waals surface area contributed by atoms with E-state index >= 15 is 0 Å². The van der Waals surface area contributed by atoms with E-state index in [1.54, 1.807) is 29.3 Å². The molecule has 0 radical (unpaired) electrons. The van der Waals surface area contributed by atoms with Crippen LogP contribution >= 0.6 is 0 Å². The van der Waals surface area contributed by atoms with Gasteiger partial charge in [-0.05, 0) is 30.3 Å². The molecular weight excluding hydrogens is 445 g/mol. The summed E-state index contributed by atoms with van der Waals surface area (Å²) in [5, 5.41) is 8.45. The number of halogens is 1. The molecular formula is C22H24FN7O4. The number of carbonyl (C=O) groups is 3. The topological polar surface area (TPSA) is 133 Å². The van der Waals surface area contributed by atoms with Crippen molar-refractivity contribution >= 4 is 35.8 Å². The number of hydrazone groups is 1. The van der Waals surface area contributed by atoms with Crippen LogP contribution in [0.1, 0.15) is 6.92 Å². The number of nitrogens with zero attached hydrogens (tertiary/aromatic N) is 5. The molecule has 0 bridgehead atoms. The number of rotatable bonds is 6. The van der Waals surface area contributed by atoms with E-state index in [1.807, 2.05) is 0 Å². The SMILES string of the molecule is CC(=O)NC[C@H]1CN(c2ccc(-c3ccc(N4CCN(C(=O)CN)C=N4)nc3)c(F)c2)C(=O)O1. The van der Waals surface area contributed by atoms with Gasteiger partial charge >= 0.3 is 6.09 Å². The van der Waals surface area contributed by atoms with Crippen molar-refractivity contribution in [3.63, 3.8) is 0 Å². The fraction of sp³-hybridized carbons (Fsp3) is 0.318. The van der Waals surface area contributed by atoms with E-state index in [4.69, 9.17) is 10.5 Å². The summed E-state index contributed by atoms with van der Waals surface area (Å²) in [5.41, 5.74) is 6.61. The number of cyclic esters (lactones) is 1. The smallest absolute Gasteiger partial charge is 0.414 e. The molecule has 4 rings (SSSR count). The maximum absolute atomic E-state index is 14.9. The third-order valence-electron chi connectivity index (χ3n) is 5.42. The molecule has 11 nitrogen and oxygen atoms in total. The predicted octanol–water partition coefficient (Wildman–Crippen LogP) is 0.900. The van der Waals surface area contributed by atoms with E-state index in [2.05, 4.69) is 15.4 Å². The van der Waals surface area contributed by atoms with Crippen molar-refractivity contribution in [1.82, 2.24) is 15.2 Å². The summed E-state index contributed by atoms with van der Waals surface area (Å²) in [6, 6.07) is 7.91. The van der Waals surface area contributed by atoms with Crippen molar-refractivity contribution in [1.29, 1.82) is 0 Å². The number of carbonyl (C=O) groups excluding carboxylic acids is 3. The number of benzene rings is 1. The van der Waals surface area contributed by atoms with E-state index in [9.17, 15) is 18.8 Å². The fourth-order valence-electron chi connectivity index (χ4n) is 3.62. The van der Waals surface area contributed by atoms with Gasteiger partial charge < -0.3 is 15.8 Å². The summed E-state index contributed by atoms with van der Waals surface area (Å²) in [6.07, 6.45) is 1.85. The van der Waals surface area contributed by atoms with Gasteiger partial charge in [0.05, 0.1) is 31.9 Å². The molecule has 3 heterocycles. The number of hydrogen-bond acceptors (Lipinski definition) is 8. The molecule has 3 N–H and O–H groups in total. The number of nitrogens with one attached hydrogen (secondary N) is 1. The van der Waals surface area contributed by atoms with E-state index in [1.165, 1.54) is 35.3 Å². The van der Waals surface area contributed by atoms with Crippen LogP contribution in [0.5, 0.6) is 0 Å². The molecule has 3 amide bonds. The maximum atomic E-state index is 14.9. The molecule has 1 saturated heterocycles. The van der Waals surface area contributed by atoms with Gasteiger partial charge in [0, 0.05) is 30.8 Å². The second-order valence-electron chi connectivity index (χ2n) is 7.77. The highest BCUT2D eigenvalue weighted by atomic mass is 19.1. The van der Waals surface area contributed by atoms with Gasteiger partial charge in [0.1, 0.15) is 24.1 Å². The Morgan fingerprint density at radius 2 is 2.09 bits per heavy atom. The number of anilines is 2. The first-order chi connectivity index (χ1) is 16.4. The number of pyridine rings is 1. The Morgan fingerprint density at radius 1 is 1.26 bits per heavy atom. The summed E-state index contributed by atoms with van der Waals surface area (Å²) >= 11 is 0. The van der Waals surface area contributed by atoms with Crippen LogP contribution in [0.2, 0.25) is 0 Å². The molecule has 178 valence electrons. The van der Waals surface area contributed by atoms with Crippen molar-refractivity contribution < 1.29 is 23.5 Å². The zero-order valence-electron chi connectivity index (χ0n) is 18.5. The minimum Gasteiger partial charge on any atom is -0.442 e. The van der Waals surface area contributed by atoms with Gasteiger partial charge in [-0.1, -0.05) is 0 Å². The number of ether oxygens (including phenoxy) is 1. The lowest BCUT2D eigenvalue weighted by Gasteiger charge is -2.27. The summed E-state index contributed by atoms with van der Waals surface area (Å²) < 4.78 is 20.2.